The molecule has 5 heterocycles. The van der Waals surface area contributed by atoms with Crippen molar-refractivity contribution in [2.75, 3.05) is 28.2 Å². The Morgan fingerprint density at radius 2 is 1.00 bits per heavy atom. The van der Waals surface area contributed by atoms with Crippen LogP contribution in [0.5, 0.6) is 0 Å². The number of nitrogens with zero attached hydrogens (tertiary/aromatic N) is 8. The number of imidazole rings is 1. The molecule has 0 saturated carbocycles. The number of H-pyrrole nitrogens is 1. The molecule has 2 aliphatic heterocycles. The number of carbonyl (C=O) groups is 5. The molecule has 0 aliphatic carbocycles. The fourth-order valence-electron chi connectivity index (χ4n) is 4.55. The molecule has 29 heteroatoms. The third kappa shape index (κ3) is 43.5. The number of anilines is 2. The Hall–Kier alpha value is -7.15. The second-order valence-corrected chi connectivity index (χ2v) is 30.6. The van der Waals surface area contributed by atoms with Crippen LogP contribution in [0.25, 0.3) is 11.2 Å². The van der Waals surface area contributed by atoms with Gasteiger partial charge >= 0.3 is 11.9 Å². The minimum absolute atomic E-state index is 0.111. The van der Waals surface area contributed by atoms with E-state index in [-0.39, 0.29) is 11.8 Å². The highest BCUT2D eigenvalue weighted by molar-refractivity contribution is 8.23. The van der Waals surface area contributed by atoms with Crippen molar-refractivity contribution in [2.45, 2.75) is 185 Å². The van der Waals surface area contributed by atoms with E-state index in [0.717, 1.165) is 21.6 Å². The summed E-state index contributed by atoms with van der Waals surface area (Å²) in [6.45, 7) is 50.8. The third-order valence-electron chi connectivity index (χ3n) is 8.72. The van der Waals surface area contributed by atoms with E-state index in [4.69, 9.17) is 40.8 Å². The van der Waals surface area contributed by atoms with E-state index >= 15 is 0 Å². The number of thioether (sulfide) groups is 1. The first-order chi connectivity index (χ1) is 40.1. The van der Waals surface area contributed by atoms with Crippen LogP contribution in [0.2, 0.25) is 0 Å². The highest BCUT2D eigenvalue weighted by Gasteiger charge is 2.55. The molecule has 3 aromatic heterocycles. The SMILES string of the molecule is CC(=O)N(N)c1ccccc1.CC(C)(C)C.CC(C)(C)C.CC(C)(C)C.CC(C)(C)C.CC(C)(C)C.CC(C)(C)C(C)(NN)C(=O)C(F)(F)F.NN1C(=O)CSC1=S.NN1C(=O)c2ccccc2C1=O.Nc1ncnc2c1ncn2N.Nn1ccc(=O)[nH]c1=O. The van der Waals surface area contributed by atoms with E-state index in [2.05, 4.69) is 166 Å². The number of rotatable bonds is 3. The molecule has 2 aromatic carbocycles. The number of ketones is 1. The highest BCUT2D eigenvalue weighted by Crippen LogP contribution is 2.35. The topological polar surface area (TPSA) is 388 Å². The van der Waals surface area contributed by atoms with Gasteiger partial charge < -0.3 is 17.4 Å². The number of aromatic nitrogens is 6. The van der Waals surface area contributed by atoms with E-state index in [1.807, 2.05) is 28.6 Å². The molecule has 2 aliphatic rings. The summed E-state index contributed by atoms with van der Waals surface area (Å²) in [4.78, 5) is 88.9. The van der Waals surface area contributed by atoms with Crippen molar-refractivity contribution < 1.29 is 37.1 Å². The van der Waals surface area contributed by atoms with Gasteiger partial charge in [0, 0.05) is 19.2 Å². The van der Waals surface area contributed by atoms with Crippen LogP contribution in [0.1, 0.15) is 194 Å². The number of nitrogens with two attached hydrogens (primary N) is 7. The number of Topliss-reactive ketones (excluding diaryl/α,β-unsaturated/α-hetero) is 1. The second kappa shape index (κ2) is 38.5. The normalized spacial score (nSPS) is 13.3. The number of nitrogen functional groups attached to an aromatic ring is 3. The molecular weight excluding hydrogens is 1200 g/mol. The lowest BCUT2D eigenvalue weighted by Gasteiger charge is -2.39. The maximum atomic E-state index is 12.2. The minimum atomic E-state index is -4.88. The molecule has 510 valence electrons. The van der Waals surface area contributed by atoms with Gasteiger partial charge in [-0.15, -0.1) is 0 Å². The molecule has 0 radical (unpaired) electrons. The number of halogens is 3. The summed E-state index contributed by atoms with van der Waals surface area (Å²) < 4.78 is 39.2. The van der Waals surface area contributed by atoms with Gasteiger partial charge in [-0.1, -0.05) is 214 Å². The summed E-state index contributed by atoms with van der Waals surface area (Å²) in [6.07, 6.45) is -0.895. The van der Waals surface area contributed by atoms with Gasteiger partial charge in [-0.3, -0.25) is 39.6 Å². The number of carbonyl (C=O) groups excluding carboxylic acids is 5. The van der Waals surface area contributed by atoms with Crippen LogP contribution in [0, 0.1) is 32.5 Å². The number of alkyl halides is 3. The summed E-state index contributed by atoms with van der Waals surface area (Å²) >= 11 is 5.96. The zero-order valence-corrected chi connectivity index (χ0v) is 59.3. The summed E-state index contributed by atoms with van der Waals surface area (Å²) in [5.41, 5.74) is 8.70. The fourth-order valence-corrected chi connectivity index (χ4v) is 5.45. The van der Waals surface area contributed by atoms with Crippen LogP contribution in [0.3, 0.4) is 0 Å². The van der Waals surface area contributed by atoms with Crippen molar-refractivity contribution in [1.29, 1.82) is 0 Å². The number of benzene rings is 2. The second-order valence-electron chi connectivity index (χ2n) is 29.0. The average Bonchev–Trinajstić information content (AvgIpc) is 1.18. The Morgan fingerprint density at radius 3 is 1.27 bits per heavy atom. The Balaban J connectivity index is -0.000000461. The molecule has 7 rings (SSSR count). The van der Waals surface area contributed by atoms with E-state index in [1.165, 1.54) is 69.1 Å². The maximum Gasteiger partial charge on any atom is 0.452 e. The summed E-state index contributed by atoms with van der Waals surface area (Å²) in [6, 6.07) is 16.8. The van der Waals surface area contributed by atoms with E-state index in [1.54, 1.807) is 36.4 Å². The Bertz CT molecular complexity index is 2980. The monoisotopic (exact) mass is 1310 g/mol. The van der Waals surface area contributed by atoms with Crippen LogP contribution in [-0.2, 0) is 14.4 Å². The average molecular weight is 1310 g/mol. The van der Waals surface area contributed by atoms with Crippen LogP contribution < -0.4 is 62.5 Å². The quantitative estimate of drug-likeness (QED) is 0.0266. The van der Waals surface area contributed by atoms with Crippen molar-refractivity contribution in [3.05, 3.63) is 111 Å². The van der Waals surface area contributed by atoms with E-state index < -0.39 is 46.0 Å². The third-order valence-corrected chi connectivity index (χ3v) is 10.1. The number of hydrogen-bond donors (Lipinski definition) is 9. The molecule has 0 spiro atoms. The van der Waals surface area contributed by atoms with Crippen molar-refractivity contribution in [2.24, 2.45) is 55.9 Å². The van der Waals surface area contributed by atoms with Crippen molar-refractivity contribution in [3.63, 3.8) is 0 Å². The molecule has 1 unspecified atom stereocenters. The number of hydrogen-bond acceptors (Lipinski definition) is 20. The van der Waals surface area contributed by atoms with Gasteiger partial charge in [-0.05, 0) is 63.7 Å². The van der Waals surface area contributed by atoms with E-state index in [9.17, 15) is 46.7 Å². The van der Waals surface area contributed by atoms with Crippen LogP contribution in [-0.4, -0.2) is 90.5 Å². The largest absolute Gasteiger partial charge is 0.452 e. The lowest BCUT2D eigenvalue weighted by Crippen LogP contribution is -2.64. The van der Waals surface area contributed by atoms with Gasteiger partial charge in [0.2, 0.25) is 5.91 Å². The first-order valence-electron chi connectivity index (χ1n) is 28.0. The molecule has 4 amide bonds. The molecule has 1 saturated heterocycles. The number of fused-ring (bicyclic) bond motifs is 2. The van der Waals surface area contributed by atoms with E-state index in [0.29, 0.717) is 76.0 Å². The number of thiocarbonyl (C=S) groups is 1. The van der Waals surface area contributed by atoms with Gasteiger partial charge in [0.1, 0.15) is 18.2 Å². The molecule has 0 bridgehead atoms. The first kappa shape index (κ1) is 89.3. The number of para-hydroxylation sites is 1. The number of amides is 4. The predicted molar refractivity (Wildman–Crippen MR) is 364 cm³/mol. The minimum Gasteiger partial charge on any atom is -0.382 e. The Labute approximate surface area is 540 Å². The number of aromatic amines is 1. The summed E-state index contributed by atoms with van der Waals surface area (Å²) in [5, 5.41) is 2.74. The van der Waals surface area contributed by atoms with Crippen molar-refractivity contribution >= 4 is 80.4 Å². The summed E-state index contributed by atoms with van der Waals surface area (Å²) in [7, 11) is 0. The van der Waals surface area contributed by atoms with Gasteiger partial charge in [-0.2, -0.15) is 13.2 Å². The smallest absolute Gasteiger partial charge is 0.382 e. The Morgan fingerprint density at radius 1 is 0.611 bits per heavy atom. The van der Waals surface area contributed by atoms with Crippen LogP contribution in [0.4, 0.5) is 24.7 Å². The molecule has 90 heavy (non-hydrogen) atoms. The van der Waals surface area contributed by atoms with Gasteiger partial charge in [0.15, 0.2) is 21.3 Å². The standard InChI is InChI=1S/C8H15F3N2O.C8H6N2O2.C8H10N2O.C5H6N6.5C5H12.C4H5N3O2.C3H4N2OS2/c1-6(2,3)7(4,13-12)5(14)8(9,10)11;9-10-7(11)5-3-1-2-4-6(5)8(10)12;1-7(11)10(9)8-5-3-2-4-6-8;6-4-3-5(9-1-8-4)11(7)2-10-3;5*1-5(2,3)4;5-7-2-1-3(8)6-4(7)9;4-5-2(6)1-8-3(5)7/h13H,12H2,1-4H3;1-4H,9H2;2-6H,9H2,1H3;1-2H,7H2,(H2,6,8,9);5*1-4H3;1-2H,5H2,(H,6,8,9);1,4H2. The van der Waals surface area contributed by atoms with Crippen LogP contribution >= 0.6 is 24.0 Å². The molecular formula is C61H106F3N17O7S2. The molecule has 1 fully saturated rings. The summed E-state index contributed by atoms with van der Waals surface area (Å²) in [5.74, 6) is 29.0. The van der Waals surface area contributed by atoms with Crippen molar-refractivity contribution in [1.82, 2.24) is 44.7 Å². The predicted octanol–water partition coefficient (Wildman–Crippen LogP) is 9.81. The highest BCUT2D eigenvalue weighted by atomic mass is 32.2. The molecule has 1 atom stereocenters. The van der Waals surface area contributed by atoms with Gasteiger partial charge in [0.05, 0.1) is 22.6 Å². The number of imide groups is 1. The molecule has 5 aromatic rings. The zero-order chi connectivity index (χ0) is 72.1. The van der Waals surface area contributed by atoms with Gasteiger partial charge in [0.25, 0.3) is 29.1 Å². The Kier molecular flexibility index (Phi) is 38.2. The van der Waals surface area contributed by atoms with Crippen LogP contribution in [0.15, 0.2) is 89.1 Å². The van der Waals surface area contributed by atoms with Gasteiger partial charge in [-0.25, -0.2) is 67.1 Å². The first-order valence-corrected chi connectivity index (χ1v) is 29.4. The fraction of sp³-hybridized carbons (Fsp3) is 0.557. The lowest BCUT2D eigenvalue weighted by molar-refractivity contribution is -0.182. The maximum absolute atomic E-state index is 12.2. The molecule has 24 nitrogen and oxygen atoms in total. The number of nitrogens with one attached hydrogen (secondary N) is 2. The number of hydrazine groups is 4. The zero-order valence-electron chi connectivity index (χ0n) is 57.6. The molecule has 16 N–H and O–H groups in total. The lowest BCUT2D eigenvalue weighted by atomic mass is 9.72. The van der Waals surface area contributed by atoms with Crippen molar-refractivity contribution in [3.8, 4) is 0 Å².